The van der Waals surface area contributed by atoms with Crippen molar-refractivity contribution in [3.8, 4) is 5.75 Å². The minimum absolute atomic E-state index is 0.0877. The summed E-state index contributed by atoms with van der Waals surface area (Å²) in [5.41, 5.74) is 3.99. The van der Waals surface area contributed by atoms with Gasteiger partial charge in [-0.1, -0.05) is 17.4 Å². The van der Waals surface area contributed by atoms with E-state index in [-0.39, 0.29) is 11.3 Å². The first-order valence-electron chi connectivity index (χ1n) is 8.09. The number of hydrogen-bond acceptors (Lipinski definition) is 6. The lowest BCUT2D eigenvalue weighted by Crippen LogP contribution is -2.15. The van der Waals surface area contributed by atoms with Crippen molar-refractivity contribution in [3.05, 3.63) is 57.9 Å². The molecule has 1 aliphatic rings. The van der Waals surface area contributed by atoms with Gasteiger partial charge in [-0.15, -0.1) is 5.10 Å². The van der Waals surface area contributed by atoms with E-state index < -0.39 is 0 Å². The van der Waals surface area contributed by atoms with Crippen molar-refractivity contribution < 1.29 is 5.11 Å². The molecular weight excluding hydrogens is 336 g/mol. The maximum absolute atomic E-state index is 12.6. The summed E-state index contributed by atoms with van der Waals surface area (Å²) in [5.74, 6) is 0.0877. The van der Waals surface area contributed by atoms with Crippen molar-refractivity contribution in [2.75, 3.05) is 5.32 Å². The molecule has 2 aromatic carbocycles. The van der Waals surface area contributed by atoms with E-state index in [4.69, 9.17) is 0 Å². The fourth-order valence-electron chi connectivity index (χ4n) is 3.32. The van der Waals surface area contributed by atoms with Crippen LogP contribution in [0.15, 0.2) is 41.2 Å². The number of nitrogens with one attached hydrogen (secondary N) is 1. The molecule has 5 rings (SSSR count). The van der Waals surface area contributed by atoms with E-state index in [9.17, 15) is 9.90 Å². The highest BCUT2D eigenvalue weighted by Gasteiger charge is 2.14. The van der Waals surface area contributed by atoms with Gasteiger partial charge in [-0.25, -0.2) is 4.98 Å². The summed E-state index contributed by atoms with van der Waals surface area (Å²) in [7, 11) is 0. The van der Waals surface area contributed by atoms with Gasteiger partial charge < -0.3 is 10.4 Å². The lowest BCUT2D eigenvalue weighted by atomic mass is 10.1. The molecule has 0 radical (unpaired) electrons. The van der Waals surface area contributed by atoms with Gasteiger partial charge in [-0.05, 0) is 54.7 Å². The average molecular weight is 350 g/mol. The molecule has 0 spiro atoms. The number of aromatic nitrogens is 3. The van der Waals surface area contributed by atoms with Crippen molar-refractivity contribution >= 4 is 38.0 Å². The van der Waals surface area contributed by atoms with Crippen LogP contribution >= 0.6 is 11.3 Å². The van der Waals surface area contributed by atoms with E-state index in [0.29, 0.717) is 21.0 Å². The zero-order valence-corrected chi connectivity index (χ0v) is 14.0. The summed E-state index contributed by atoms with van der Waals surface area (Å²) in [6.07, 6.45) is 3.47. The van der Waals surface area contributed by atoms with Crippen molar-refractivity contribution in [2.24, 2.45) is 0 Å². The minimum atomic E-state index is -0.238. The Labute approximate surface area is 146 Å². The van der Waals surface area contributed by atoms with Crippen LogP contribution in [0.1, 0.15) is 17.5 Å². The Kier molecular flexibility index (Phi) is 3.05. The zero-order valence-electron chi connectivity index (χ0n) is 13.2. The third-order valence-corrected chi connectivity index (χ3v) is 5.35. The molecule has 2 N–H and O–H groups in total. The molecule has 2 aromatic heterocycles. The summed E-state index contributed by atoms with van der Waals surface area (Å²) in [5, 5.41) is 18.3. The molecule has 124 valence electrons. The second kappa shape index (κ2) is 5.29. The van der Waals surface area contributed by atoms with E-state index in [0.717, 1.165) is 18.5 Å². The summed E-state index contributed by atoms with van der Waals surface area (Å²) >= 11 is 1.31. The molecule has 25 heavy (non-hydrogen) atoms. The number of fused-ring (bicyclic) bond motifs is 3. The van der Waals surface area contributed by atoms with Gasteiger partial charge >= 0.3 is 0 Å². The second-order valence-electron chi connectivity index (χ2n) is 6.18. The molecule has 0 atom stereocenters. The standard InChI is InChI=1S/C18H14N4O2S/c23-13-6-7-14-15(9-13)20-18-22(16(14)24)21-17(25-18)19-12-5-4-10-2-1-3-11(10)8-12/h4-9,23H,1-3H2,(H,19,21). The van der Waals surface area contributed by atoms with Crippen LogP contribution in [-0.2, 0) is 12.8 Å². The molecule has 0 bridgehead atoms. The van der Waals surface area contributed by atoms with Crippen LogP contribution in [0.25, 0.3) is 15.9 Å². The van der Waals surface area contributed by atoms with E-state index in [1.165, 1.54) is 45.5 Å². The third-order valence-electron chi connectivity index (χ3n) is 4.53. The fourth-order valence-corrected chi connectivity index (χ4v) is 4.14. The van der Waals surface area contributed by atoms with Gasteiger partial charge in [-0.2, -0.15) is 4.52 Å². The summed E-state index contributed by atoms with van der Waals surface area (Å²) in [4.78, 5) is 17.5. The number of nitrogens with zero attached hydrogens (tertiary/aromatic N) is 3. The van der Waals surface area contributed by atoms with Crippen LogP contribution in [-0.4, -0.2) is 19.7 Å². The molecule has 0 fully saturated rings. The van der Waals surface area contributed by atoms with E-state index in [1.807, 2.05) is 6.07 Å². The van der Waals surface area contributed by atoms with Crippen LogP contribution in [0.2, 0.25) is 0 Å². The molecule has 2 heterocycles. The van der Waals surface area contributed by atoms with Crippen molar-refractivity contribution in [1.82, 2.24) is 14.6 Å². The fraction of sp³-hybridized carbons (Fsp3) is 0.167. The highest BCUT2D eigenvalue weighted by molar-refractivity contribution is 7.20. The molecular formula is C18H14N4O2S. The topological polar surface area (TPSA) is 79.5 Å². The maximum Gasteiger partial charge on any atom is 0.283 e. The average Bonchev–Trinajstić information content (AvgIpc) is 3.21. The van der Waals surface area contributed by atoms with E-state index >= 15 is 0 Å². The predicted octanol–water partition coefficient (Wildman–Crippen LogP) is 3.24. The minimum Gasteiger partial charge on any atom is -0.508 e. The van der Waals surface area contributed by atoms with Gasteiger partial charge in [0.15, 0.2) is 0 Å². The normalized spacial score (nSPS) is 13.4. The molecule has 0 amide bonds. The van der Waals surface area contributed by atoms with Gasteiger partial charge in [0, 0.05) is 11.8 Å². The second-order valence-corrected chi connectivity index (χ2v) is 7.14. The van der Waals surface area contributed by atoms with Crippen molar-refractivity contribution in [2.45, 2.75) is 19.3 Å². The number of rotatable bonds is 2. The number of aromatic hydroxyl groups is 1. The van der Waals surface area contributed by atoms with Crippen molar-refractivity contribution in [1.29, 1.82) is 0 Å². The molecule has 4 aromatic rings. The highest BCUT2D eigenvalue weighted by atomic mass is 32.1. The Hall–Kier alpha value is -2.93. The van der Waals surface area contributed by atoms with Crippen LogP contribution in [0.4, 0.5) is 10.8 Å². The van der Waals surface area contributed by atoms with Crippen LogP contribution in [0.3, 0.4) is 0 Å². The maximum atomic E-state index is 12.6. The van der Waals surface area contributed by atoms with Gasteiger partial charge in [0.25, 0.3) is 5.56 Å². The van der Waals surface area contributed by atoms with E-state index in [2.05, 4.69) is 27.5 Å². The number of benzene rings is 2. The van der Waals surface area contributed by atoms with Gasteiger partial charge in [-0.3, -0.25) is 4.79 Å². The number of aryl methyl sites for hydroxylation is 2. The molecule has 0 aliphatic heterocycles. The quantitative estimate of drug-likeness (QED) is 0.580. The number of hydrogen-bond donors (Lipinski definition) is 2. The highest BCUT2D eigenvalue weighted by Crippen LogP contribution is 2.28. The monoisotopic (exact) mass is 350 g/mol. The lowest BCUT2D eigenvalue weighted by molar-refractivity contribution is 0.476. The first kappa shape index (κ1) is 14.4. The number of phenolic OH excluding ortho intramolecular Hbond substituents is 1. The molecule has 6 nitrogen and oxygen atoms in total. The molecule has 1 aliphatic carbocycles. The van der Waals surface area contributed by atoms with Gasteiger partial charge in [0.2, 0.25) is 10.1 Å². The Balaban J connectivity index is 1.59. The summed E-state index contributed by atoms with van der Waals surface area (Å²) < 4.78 is 1.31. The summed E-state index contributed by atoms with van der Waals surface area (Å²) in [6.45, 7) is 0. The lowest BCUT2D eigenvalue weighted by Gasteiger charge is -2.04. The number of phenols is 1. The molecule has 7 heteroatoms. The van der Waals surface area contributed by atoms with Crippen LogP contribution in [0.5, 0.6) is 5.75 Å². The number of anilines is 2. The molecule has 0 unspecified atom stereocenters. The Morgan fingerprint density at radius 2 is 2.00 bits per heavy atom. The van der Waals surface area contributed by atoms with Crippen LogP contribution in [0, 0.1) is 0 Å². The third kappa shape index (κ3) is 2.35. The first-order valence-corrected chi connectivity index (χ1v) is 8.90. The van der Waals surface area contributed by atoms with Gasteiger partial charge in [0.05, 0.1) is 10.9 Å². The van der Waals surface area contributed by atoms with E-state index in [1.54, 1.807) is 6.07 Å². The first-order chi connectivity index (χ1) is 12.2. The molecule has 0 saturated carbocycles. The zero-order chi connectivity index (χ0) is 17.0. The smallest absolute Gasteiger partial charge is 0.283 e. The predicted molar refractivity (Wildman–Crippen MR) is 98.1 cm³/mol. The SMILES string of the molecule is O=c1c2ccc(O)cc2nc2sc(Nc3ccc4c(c3)CCC4)nn12. The Morgan fingerprint density at radius 1 is 1.12 bits per heavy atom. The van der Waals surface area contributed by atoms with Crippen LogP contribution < -0.4 is 10.9 Å². The Morgan fingerprint density at radius 3 is 2.92 bits per heavy atom. The van der Waals surface area contributed by atoms with Crippen molar-refractivity contribution in [3.63, 3.8) is 0 Å². The molecule has 0 saturated heterocycles. The van der Waals surface area contributed by atoms with Gasteiger partial charge in [0.1, 0.15) is 5.75 Å². The Bertz CT molecular complexity index is 1200. The summed E-state index contributed by atoms with van der Waals surface area (Å²) in [6, 6.07) is 10.9. The largest absolute Gasteiger partial charge is 0.508 e.